The molecule has 2 aliphatic heterocycles. The van der Waals surface area contributed by atoms with Crippen molar-refractivity contribution < 1.29 is 4.74 Å². The minimum absolute atomic E-state index is 0.535. The van der Waals surface area contributed by atoms with E-state index in [4.69, 9.17) is 4.74 Å². The maximum atomic E-state index is 5.41. The van der Waals surface area contributed by atoms with E-state index in [9.17, 15) is 0 Å². The van der Waals surface area contributed by atoms with Crippen LogP contribution in [0, 0.1) is 0 Å². The summed E-state index contributed by atoms with van der Waals surface area (Å²) in [6.07, 6.45) is 2.31. The van der Waals surface area contributed by atoms with Crippen LogP contribution in [-0.4, -0.2) is 25.0 Å². The zero-order valence-corrected chi connectivity index (χ0v) is 10.8. The minimum atomic E-state index is 0.535. The van der Waals surface area contributed by atoms with Crippen molar-refractivity contribution in [1.29, 1.82) is 0 Å². The van der Waals surface area contributed by atoms with Gasteiger partial charge in [0.15, 0.2) is 0 Å². The second-order valence-electron chi connectivity index (χ2n) is 4.82. The van der Waals surface area contributed by atoms with E-state index in [-0.39, 0.29) is 0 Å². The number of thioether (sulfide) groups is 1. The number of hydrogen-bond donors (Lipinski definition) is 1. The highest BCUT2D eigenvalue weighted by atomic mass is 32.2. The van der Waals surface area contributed by atoms with Gasteiger partial charge in [-0.1, -0.05) is 24.3 Å². The molecule has 0 amide bonds. The molecule has 0 spiro atoms. The lowest BCUT2D eigenvalue weighted by Crippen LogP contribution is -2.39. The van der Waals surface area contributed by atoms with Crippen LogP contribution in [0.2, 0.25) is 0 Å². The van der Waals surface area contributed by atoms with Gasteiger partial charge in [0.1, 0.15) is 0 Å². The summed E-state index contributed by atoms with van der Waals surface area (Å²) in [4.78, 5) is 0. The first-order chi connectivity index (χ1) is 8.43. The van der Waals surface area contributed by atoms with E-state index in [0.717, 1.165) is 26.1 Å². The third-order valence-electron chi connectivity index (χ3n) is 3.63. The van der Waals surface area contributed by atoms with E-state index >= 15 is 0 Å². The SMILES string of the molecule is c1ccc2c(c1)CSCC2NC1CCOCC1. The van der Waals surface area contributed by atoms with Crippen molar-refractivity contribution in [2.75, 3.05) is 19.0 Å². The fourth-order valence-electron chi connectivity index (χ4n) is 2.67. The van der Waals surface area contributed by atoms with Gasteiger partial charge in [0.2, 0.25) is 0 Å². The van der Waals surface area contributed by atoms with Crippen molar-refractivity contribution in [2.24, 2.45) is 0 Å². The predicted molar refractivity (Wildman–Crippen MR) is 72.3 cm³/mol. The lowest BCUT2D eigenvalue weighted by atomic mass is 9.99. The zero-order chi connectivity index (χ0) is 11.5. The van der Waals surface area contributed by atoms with Crippen LogP contribution < -0.4 is 5.32 Å². The van der Waals surface area contributed by atoms with Gasteiger partial charge in [-0.05, 0) is 24.0 Å². The monoisotopic (exact) mass is 249 g/mol. The molecular formula is C14H19NOS. The molecule has 1 saturated heterocycles. The quantitative estimate of drug-likeness (QED) is 0.871. The Bertz CT molecular complexity index is 376. The summed E-state index contributed by atoms with van der Waals surface area (Å²) < 4.78 is 5.41. The van der Waals surface area contributed by atoms with E-state index < -0.39 is 0 Å². The highest BCUT2D eigenvalue weighted by molar-refractivity contribution is 7.98. The predicted octanol–water partition coefficient (Wildman–Crippen LogP) is 2.74. The molecule has 3 heteroatoms. The highest BCUT2D eigenvalue weighted by Gasteiger charge is 2.23. The van der Waals surface area contributed by atoms with Gasteiger partial charge in [-0.25, -0.2) is 0 Å². The van der Waals surface area contributed by atoms with Crippen molar-refractivity contribution in [3.8, 4) is 0 Å². The third kappa shape index (κ3) is 2.67. The second-order valence-corrected chi connectivity index (χ2v) is 5.85. The summed E-state index contributed by atoms with van der Waals surface area (Å²) in [6.45, 7) is 1.83. The Morgan fingerprint density at radius 3 is 2.88 bits per heavy atom. The molecule has 0 aliphatic carbocycles. The van der Waals surface area contributed by atoms with Crippen molar-refractivity contribution in [2.45, 2.75) is 30.7 Å². The standard InChI is InChI=1S/C14H19NOS/c1-2-4-13-11(3-1)9-17-10-14(13)15-12-5-7-16-8-6-12/h1-4,12,14-15H,5-10H2. The largest absolute Gasteiger partial charge is 0.381 e. The molecule has 0 aromatic heterocycles. The van der Waals surface area contributed by atoms with Gasteiger partial charge < -0.3 is 10.1 Å². The lowest BCUT2D eigenvalue weighted by Gasteiger charge is -2.32. The van der Waals surface area contributed by atoms with Gasteiger partial charge in [0, 0.05) is 36.8 Å². The molecule has 2 aliphatic rings. The summed E-state index contributed by atoms with van der Waals surface area (Å²) >= 11 is 2.04. The number of ether oxygens (including phenoxy) is 1. The van der Waals surface area contributed by atoms with Crippen molar-refractivity contribution in [3.63, 3.8) is 0 Å². The van der Waals surface area contributed by atoms with E-state index in [1.807, 2.05) is 11.8 Å². The van der Waals surface area contributed by atoms with E-state index in [1.165, 1.54) is 22.6 Å². The van der Waals surface area contributed by atoms with Crippen LogP contribution in [0.4, 0.5) is 0 Å². The average molecular weight is 249 g/mol. The van der Waals surface area contributed by atoms with Crippen LogP contribution in [0.25, 0.3) is 0 Å². The minimum Gasteiger partial charge on any atom is -0.381 e. The smallest absolute Gasteiger partial charge is 0.0480 e. The topological polar surface area (TPSA) is 21.3 Å². The normalized spacial score (nSPS) is 25.5. The second kappa shape index (κ2) is 5.42. The van der Waals surface area contributed by atoms with Gasteiger partial charge in [-0.3, -0.25) is 0 Å². The highest BCUT2D eigenvalue weighted by Crippen LogP contribution is 2.32. The molecule has 0 radical (unpaired) electrons. The fraction of sp³-hybridized carbons (Fsp3) is 0.571. The Hall–Kier alpha value is -0.510. The molecule has 3 rings (SSSR count). The fourth-order valence-corrected chi connectivity index (χ4v) is 3.78. The molecule has 1 aromatic carbocycles. The van der Waals surface area contributed by atoms with Crippen LogP contribution in [0.15, 0.2) is 24.3 Å². The number of nitrogens with one attached hydrogen (secondary N) is 1. The molecule has 2 nitrogen and oxygen atoms in total. The van der Waals surface area contributed by atoms with Crippen LogP contribution >= 0.6 is 11.8 Å². The number of rotatable bonds is 2. The number of hydrogen-bond acceptors (Lipinski definition) is 3. The number of fused-ring (bicyclic) bond motifs is 1. The van der Waals surface area contributed by atoms with Gasteiger partial charge in [0.25, 0.3) is 0 Å². The van der Waals surface area contributed by atoms with Crippen molar-refractivity contribution >= 4 is 11.8 Å². The van der Waals surface area contributed by atoms with Crippen LogP contribution in [0.3, 0.4) is 0 Å². The van der Waals surface area contributed by atoms with Gasteiger partial charge in [0.05, 0.1) is 0 Å². The molecule has 0 saturated carbocycles. The average Bonchev–Trinajstić information content (AvgIpc) is 2.40. The zero-order valence-electron chi connectivity index (χ0n) is 10.0. The van der Waals surface area contributed by atoms with Crippen LogP contribution in [0.1, 0.15) is 30.0 Å². The Balaban J connectivity index is 1.71. The maximum absolute atomic E-state index is 5.41. The van der Waals surface area contributed by atoms with E-state index in [0.29, 0.717) is 12.1 Å². The molecule has 1 aromatic rings. The van der Waals surface area contributed by atoms with Gasteiger partial charge in [-0.2, -0.15) is 11.8 Å². The van der Waals surface area contributed by atoms with Crippen LogP contribution in [0.5, 0.6) is 0 Å². The first-order valence-electron chi connectivity index (χ1n) is 6.43. The summed E-state index contributed by atoms with van der Waals surface area (Å²) in [5.41, 5.74) is 3.02. The molecule has 2 heterocycles. The molecule has 17 heavy (non-hydrogen) atoms. The summed E-state index contributed by atoms with van der Waals surface area (Å²) in [5, 5.41) is 3.81. The first-order valence-corrected chi connectivity index (χ1v) is 7.58. The Kier molecular flexibility index (Phi) is 3.69. The molecule has 92 valence electrons. The van der Waals surface area contributed by atoms with E-state index in [1.54, 1.807) is 0 Å². The molecular weight excluding hydrogens is 230 g/mol. The number of benzene rings is 1. The lowest BCUT2D eigenvalue weighted by molar-refractivity contribution is 0.0755. The van der Waals surface area contributed by atoms with Gasteiger partial charge in [-0.15, -0.1) is 0 Å². The Morgan fingerprint density at radius 2 is 2.00 bits per heavy atom. The van der Waals surface area contributed by atoms with Crippen LogP contribution in [-0.2, 0) is 10.5 Å². The molecule has 1 atom stereocenters. The molecule has 1 unspecified atom stereocenters. The third-order valence-corrected chi connectivity index (χ3v) is 4.71. The van der Waals surface area contributed by atoms with Crippen molar-refractivity contribution in [3.05, 3.63) is 35.4 Å². The van der Waals surface area contributed by atoms with Gasteiger partial charge >= 0.3 is 0 Å². The summed E-state index contributed by atoms with van der Waals surface area (Å²) in [5.74, 6) is 2.37. The molecule has 1 fully saturated rings. The Morgan fingerprint density at radius 1 is 1.18 bits per heavy atom. The molecule has 0 bridgehead atoms. The summed E-state index contributed by atoms with van der Waals surface area (Å²) in [7, 11) is 0. The van der Waals surface area contributed by atoms with E-state index in [2.05, 4.69) is 29.6 Å². The first kappa shape index (κ1) is 11.6. The summed E-state index contributed by atoms with van der Waals surface area (Å²) in [6, 6.07) is 10.0. The molecule has 1 N–H and O–H groups in total. The Labute approximate surface area is 107 Å². The maximum Gasteiger partial charge on any atom is 0.0480 e. The van der Waals surface area contributed by atoms with Crippen molar-refractivity contribution in [1.82, 2.24) is 5.32 Å².